The molecule has 0 aliphatic carbocycles. The minimum atomic E-state index is -0.104. The molecule has 0 saturated carbocycles. The van der Waals surface area contributed by atoms with Gasteiger partial charge in [0.1, 0.15) is 6.54 Å². The summed E-state index contributed by atoms with van der Waals surface area (Å²) < 4.78 is 0. The van der Waals surface area contributed by atoms with Gasteiger partial charge in [-0.1, -0.05) is 11.2 Å². The fraction of sp³-hybridized carbons (Fsp3) is 0.286. The van der Waals surface area contributed by atoms with E-state index in [1.54, 1.807) is 18.2 Å². The number of hydrogen-bond donors (Lipinski definition) is 1. The zero-order chi connectivity index (χ0) is 8.10. The van der Waals surface area contributed by atoms with Crippen molar-refractivity contribution >= 4 is 0 Å². The highest BCUT2D eigenvalue weighted by Crippen LogP contribution is 2.00. The van der Waals surface area contributed by atoms with Gasteiger partial charge in [0.05, 0.1) is 18.0 Å². The smallest absolute Gasteiger partial charge is 0.123 e. The van der Waals surface area contributed by atoms with Crippen LogP contribution in [0.1, 0.15) is 11.4 Å². The van der Waals surface area contributed by atoms with Crippen LogP contribution in [0, 0.1) is 4.91 Å². The van der Waals surface area contributed by atoms with Crippen molar-refractivity contribution in [2.24, 2.45) is 5.18 Å². The van der Waals surface area contributed by atoms with E-state index in [9.17, 15) is 4.91 Å². The lowest BCUT2D eigenvalue weighted by molar-refractivity contribution is 0.276. The second-order valence-corrected chi connectivity index (χ2v) is 2.07. The van der Waals surface area contributed by atoms with Gasteiger partial charge in [0.25, 0.3) is 0 Å². The molecule has 1 heterocycles. The predicted molar refractivity (Wildman–Crippen MR) is 39.7 cm³/mol. The van der Waals surface area contributed by atoms with Crippen LogP contribution in [0.15, 0.2) is 23.4 Å². The van der Waals surface area contributed by atoms with Gasteiger partial charge in [0.2, 0.25) is 0 Å². The highest BCUT2D eigenvalue weighted by atomic mass is 16.3. The molecule has 58 valence electrons. The molecule has 0 aromatic carbocycles. The lowest BCUT2D eigenvalue weighted by Gasteiger charge is -1.96. The van der Waals surface area contributed by atoms with Gasteiger partial charge in [-0.3, -0.25) is 4.98 Å². The predicted octanol–water partition coefficient (Wildman–Crippen LogP) is 0.840. The maximum Gasteiger partial charge on any atom is 0.123 e. The molecular weight excluding hydrogens is 144 g/mol. The third-order valence-corrected chi connectivity index (χ3v) is 1.25. The molecular formula is C7H8N2O2. The molecule has 0 spiro atoms. The Morgan fingerprint density at radius 2 is 2.18 bits per heavy atom. The molecule has 4 nitrogen and oxygen atoms in total. The Kier molecular flexibility index (Phi) is 2.68. The van der Waals surface area contributed by atoms with Crippen LogP contribution in [0.3, 0.4) is 0 Å². The molecule has 0 saturated heterocycles. The number of aliphatic hydroxyl groups excluding tert-OH is 1. The summed E-state index contributed by atoms with van der Waals surface area (Å²) in [4.78, 5) is 13.8. The summed E-state index contributed by atoms with van der Waals surface area (Å²) in [6.07, 6.45) is 0. The van der Waals surface area contributed by atoms with Crippen LogP contribution in [0.5, 0.6) is 0 Å². The van der Waals surface area contributed by atoms with Gasteiger partial charge in [0.15, 0.2) is 0 Å². The number of nitroso groups, excluding NO2 is 1. The molecule has 0 bridgehead atoms. The molecule has 1 N–H and O–H groups in total. The summed E-state index contributed by atoms with van der Waals surface area (Å²) in [5.41, 5.74) is 1.15. The van der Waals surface area contributed by atoms with Gasteiger partial charge >= 0.3 is 0 Å². The summed E-state index contributed by atoms with van der Waals surface area (Å²) in [5, 5.41) is 11.3. The van der Waals surface area contributed by atoms with E-state index in [-0.39, 0.29) is 13.2 Å². The Bertz CT molecular complexity index is 250. The summed E-state index contributed by atoms with van der Waals surface area (Å²) in [7, 11) is 0. The second-order valence-electron chi connectivity index (χ2n) is 2.07. The Labute approximate surface area is 63.9 Å². The molecule has 0 atom stereocenters. The number of aliphatic hydroxyl groups is 1. The van der Waals surface area contributed by atoms with Crippen molar-refractivity contribution < 1.29 is 5.11 Å². The largest absolute Gasteiger partial charge is 0.390 e. The molecule has 11 heavy (non-hydrogen) atoms. The van der Waals surface area contributed by atoms with Crippen molar-refractivity contribution in [1.29, 1.82) is 0 Å². The number of pyridine rings is 1. The molecule has 1 aromatic rings. The van der Waals surface area contributed by atoms with Crippen LogP contribution < -0.4 is 0 Å². The molecule has 0 aliphatic rings. The summed E-state index contributed by atoms with van der Waals surface area (Å²) in [6.45, 7) is -0.0411. The molecule has 1 rings (SSSR count). The van der Waals surface area contributed by atoms with Crippen molar-refractivity contribution in [2.75, 3.05) is 0 Å². The zero-order valence-corrected chi connectivity index (χ0v) is 5.90. The van der Waals surface area contributed by atoms with Crippen LogP contribution in [0.2, 0.25) is 0 Å². The Balaban J connectivity index is 2.82. The minimum Gasteiger partial charge on any atom is -0.390 e. The van der Waals surface area contributed by atoms with Crippen molar-refractivity contribution in [3.05, 3.63) is 34.5 Å². The topological polar surface area (TPSA) is 62.5 Å². The first-order chi connectivity index (χ1) is 5.36. The lowest BCUT2D eigenvalue weighted by Crippen LogP contribution is -1.93. The lowest BCUT2D eigenvalue weighted by atomic mass is 10.3. The SMILES string of the molecule is O=NCc1cccc(CO)n1. The molecule has 0 radical (unpaired) electrons. The number of nitrogens with zero attached hydrogens (tertiary/aromatic N) is 2. The van der Waals surface area contributed by atoms with Gasteiger partial charge in [-0.15, -0.1) is 0 Å². The van der Waals surface area contributed by atoms with E-state index in [0.29, 0.717) is 11.4 Å². The first-order valence-electron chi connectivity index (χ1n) is 3.21. The second kappa shape index (κ2) is 3.78. The molecule has 4 heteroatoms. The van der Waals surface area contributed by atoms with Crippen LogP contribution >= 0.6 is 0 Å². The maximum atomic E-state index is 9.82. The normalized spacial score (nSPS) is 9.55. The van der Waals surface area contributed by atoms with Crippen LogP contribution in [0.4, 0.5) is 0 Å². The number of aromatic nitrogens is 1. The quantitative estimate of drug-likeness (QED) is 0.653. The Hall–Kier alpha value is -1.29. The zero-order valence-electron chi connectivity index (χ0n) is 5.90. The highest BCUT2D eigenvalue weighted by Gasteiger charge is 1.94. The van der Waals surface area contributed by atoms with E-state index in [2.05, 4.69) is 10.2 Å². The van der Waals surface area contributed by atoms with Gasteiger partial charge in [0, 0.05) is 0 Å². The first-order valence-corrected chi connectivity index (χ1v) is 3.21. The Morgan fingerprint density at radius 1 is 1.45 bits per heavy atom. The standard InChI is InChI=1S/C7H8N2O2/c10-5-7-3-1-2-6(9-7)4-8-11/h1-3,10H,4-5H2. The summed E-state index contributed by atoms with van der Waals surface area (Å²) in [5.74, 6) is 0. The average Bonchev–Trinajstić information content (AvgIpc) is 2.06. The van der Waals surface area contributed by atoms with E-state index in [1.807, 2.05) is 0 Å². The van der Waals surface area contributed by atoms with Crippen LogP contribution in [0.25, 0.3) is 0 Å². The maximum absolute atomic E-state index is 9.82. The van der Waals surface area contributed by atoms with Gasteiger partial charge < -0.3 is 5.11 Å². The minimum absolute atomic E-state index is 0.0633. The summed E-state index contributed by atoms with van der Waals surface area (Å²) >= 11 is 0. The molecule has 0 unspecified atom stereocenters. The van der Waals surface area contributed by atoms with E-state index in [4.69, 9.17) is 5.11 Å². The number of hydrogen-bond acceptors (Lipinski definition) is 4. The van der Waals surface area contributed by atoms with Gasteiger partial charge in [-0.2, -0.15) is 4.91 Å². The molecule has 0 aliphatic heterocycles. The van der Waals surface area contributed by atoms with E-state index < -0.39 is 0 Å². The van der Waals surface area contributed by atoms with Crippen LogP contribution in [-0.2, 0) is 13.2 Å². The van der Waals surface area contributed by atoms with Gasteiger partial charge in [-0.05, 0) is 12.1 Å². The van der Waals surface area contributed by atoms with E-state index in [0.717, 1.165) is 0 Å². The monoisotopic (exact) mass is 152 g/mol. The van der Waals surface area contributed by atoms with Crippen LogP contribution in [-0.4, -0.2) is 10.1 Å². The van der Waals surface area contributed by atoms with Gasteiger partial charge in [-0.25, -0.2) is 0 Å². The Morgan fingerprint density at radius 3 is 2.82 bits per heavy atom. The highest BCUT2D eigenvalue weighted by molar-refractivity contribution is 5.10. The fourth-order valence-corrected chi connectivity index (χ4v) is 0.772. The van der Waals surface area contributed by atoms with Crippen molar-refractivity contribution in [3.8, 4) is 0 Å². The molecule has 1 aromatic heterocycles. The first kappa shape index (κ1) is 7.81. The van der Waals surface area contributed by atoms with Crippen molar-refractivity contribution in [1.82, 2.24) is 4.98 Å². The van der Waals surface area contributed by atoms with Crippen molar-refractivity contribution in [2.45, 2.75) is 13.2 Å². The third-order valence-electron chi connectivity index (χ3n) is 1.25. The van der Waals surface area contributed by atoms with E-state index >= 15 is 0 Å². The van der Waals surface area contributed by atoms with Crippen molar-refractivity contribution in [3.63, 3.8) is 0 Å². The molecule has 0 amide bonds. The summed E-state index contributed by atoms with van der Waals surface area (Å²) in [6, 6.07) is 5.12. The third kappa shape index (κ3) is 2.09. The average molecular weight is 152 g/mol. The number of rotatable bonds is 3. The molecule has 0 fully saturated rings. The fourth-order valence-electron chi connectivity index (χ4n) is 0.772. The van der Waals surface area contributed by atoms with E-state index in [1.165, 1.54) is 0 Å².